The van der Waals surface area contributed by atoms with Gasteiger partial charge >= 0.3 is 0 Å². The third-order valence-electron chi connectivity index (χ3n) is 1.86. The number of halogens is 1. The van der Waals surface area contributed by atoms with Gasteiger partial charge in [-0.3, -0.25) is 0 Å². The fourth-order valence-electron chi connectivity index (χ4n) is 0.949. The van der Waals surface area contributed by atoms with Crippen molar-refractivity contribution in [3.05, 3.63) is 35.2 Å². The molecule has 2 rings (SSSR count). The fraction of sp³-hybridized carbons (Fsp3) is 0.300. The highest BCUT2D eigenvalue weighted by Crippen LogP contribution is 2.32. The summed E-state index contributed by atoms with van der Waals surface area (Å²) >= 11 is 5.73. The van der Waals surface area contributed by atoms with Gasteiger partial charge in [-0.25, -0.2) is 0 Å². The summed E-state index contributed by atoms with van der Waals surface area (Å²) in [5.41, 5.74) is 0. The zero-order chi connectivity index (χ0) is 8.39. The maximum absolute atomic E-state index is 5.73. The molecule has 0 N–H and O–H groups in total. The van der Waals surface area contributed by atoms with E-state index in [4.69, 9.17) is 16.3 Å². The SMILES string of the molecule is Clc1ccc(OC[C]2CC2)cc1. The Morgan fingerprint density at radius 1 is 1.17 bits per heavy atom. The van der Waals surface area contributed by atoms with Crippen LogP contribution >= 0.6 is 11.6 Å². The molecule has 1 aromatic carbocycles. The van der Waals surface area contributed by atoms with E-state index in [2.05, 4.69) is 0 Å². The minimum atomic E-state index is 0.751. The van der Waals surface area contributed by atoms with Crippen LogP contribution in [-0.4, -0.2) is 6.61 Å². The van der Waals surface area contributed by atoms with Crippen molar-refractivity contribution in [1.29, 1.82) is 0 Å². The quantitative estimate of drug-likeness (QED) is 0.697. The molecular weight excluding hydrogens is 172 g/mol. The van der Waals surface area contributed by atoms with E-state index >= 15 is 0 Å². The molecule has 1 saturated carbocycles. The van der Waals surface area contributed by atoms with Crippen LogP contribution in [0.2, 0.25) is 5.02 Å². The third kappa shape index (κ3) is 2.15. The molecule has 1 aliphatic carbocycles. The van der Waals surface area contributed by atoms with Crippen LogP contribution in [0.4, 0.5) is 0 Å². The van der Waals surface area contributed by atoms with Gasteiger partial charge in [0.1, 0.15) is 5.75 Å². The van der Waals surface area contributed by atoms with Crippen LogP contribution in [0.5, 0.6) is 5.75 Å². The predicted molar refractivity (Wildman–Crippen MR) is 49.4 cm³/mol. The van der Waals surface area contributed by atoms with Gasteiger partial charge in [-0.1, -0.05) is 11.6 Å². The molecule has 0 saturated heterocycles. The number of hydrogen-bond donors (Lipinski definition) is 0. The monoisotopic (exact) mass is 181 g/mol. The smallest absolute Gasteiger partial charge is 0.119 e. The van der Waals surface area contributed by atoms with Gasteiger partial charge in [0.15, 0.2) is 0 Å². The first-order valence-electron chi connectivity index (χ1n) is 4.06. The van der Waals surface area contributed by atoms with Gasteiger partial charge in [0, 0.05) is 10.9 Å². The van der Waals surface area contributed by atoms with Gasteiger partial charge in [0.2, 0.25) is 0 Å². The van der Waals surface area contributed by atoms with E-state index in [-0.39, 0.29) is 0 Å². The van der Waals surface area contributed by atoms with Crippen LogP contribution in [-0.2, 0) is 0 Å². The molecule has 0 aliphatic heterocycles. The Hall–Kier alpha value is -0.690. The van der Waals surface area contributed by atoms with Crippen molar-refractivity contribution in [3.8, 4) is 5.75 Å². The summed E-state index contributed by atoms with van der Waals surface area (Å²) in [6.45, 7) is 0.779. The molecule has 0 aromatic heterocycles. The number of rotatable bonds is 3. The molecule has 12 heavy (non-hydrogen) atoms. The van der Waals surface area contributed by atoms with Crippen LogP contribution in [0.1, 0.15) is 12.8 Å². The molecule has 1 aromatic rings. The summed E-state index contributed by atoms with van der Waals surface area (Å²) < 4.78 is 5.49. The van der Waals surface area contributed by atoms with Crippen molar-refractivity contribution >= 4 is 11.6 Å². The zero-order valence-corrected chi connectivity index (χ0v) is 7.47. The second kappa shape index (κ2) is 3.36. The molecular formula is C10H10ClO. The van der Waals surface area contributed by atoms with Crippen molar-refractivity contribution in [1.82, 2.24) is 0 Å². The van der Waals surface area contributed by atoms with Gasteiger partial charge in [-0.05, 0) is 37.1 Å². The molecule has 0 heterocycles. The molecule has 0 atom stereocenters. The molecule has 1 fully saturated rings. The topological polar surface area (TPSA) is 9.23 Å². The normalized spacial score (nSPS) is 16.1. The first kappa shape index (κ1) is 7.93. The number of hydrogen-bond acceptors (Lipinski definition) is 1. The Labute approximate surface area is 77.3 Å². The maximum atomic E-state index is 5.73. The lowest BCUT2D eigenvalue weighted by molar-refractivity contribution is 0.344. The van der Waals surface area contributed by atoms with Crippen molar-refractivity contribution in [2.45, 2.75) is 12.8 Å². The standard InChI is InChI=1S/C10H10ClO/c11-9-3-5-10(6-4-9)12-7-8-1-2-8/h3-6H,1-2,7H2. The summed E-state index contributed by atoms with van der Waals surface area (Å²) in [5, 5.41) is 0.751. The van der Waals surface area contributed by atoms with Gasteiger partial charge in [0.05, 0.1) is 6.61 Å². The molecule has 0 spiro atoms. The van der Waals surface area contributed by atoms with E-state index in [1.165, 1.54) is 18.8 Å². The largest absolute Gasteiger partial charge is 0.493 e. The second-order valence-corrected chi connectivity index (χ2v) is 3.43. The third-order valence-corrected chi connectivity index (χ3v) is 2.11. The fourth-order valence-corrected chi connectivity index (χ4v) is 1.07. The molecule has 0 unspecified atom stereocenters. The van der Waals surface area contributed by atoms with Gasteiger partial charge < -0.3 is 4.74 Å². The predicted octanol–water partition coefficient (Wildman–Crippen LogP) is 3.09. The summed E-state index contributed by atoms with van der Waals surface area (Å²) in [5.74, 6) is 2.41. The van der Waals surface area contributed by atoms with Gasteiger partial charge in [-0.15, -0.1) is 0 Å². The average Bonchev–Trinajstić information content (AvgIpc) is 2.87. The Kier molecular flexibility index (Phi) is 2.22. The highest BCUT2D eigenvalue weighted by Gasteiger charge is 2.22. The Morgan fingerprint density at radius 3 is 2.42 bits per heavy atom. The molecule has 63 valence electrons. The molecule has 2 heteroatoms. The molecule has 1 radical (unpaired) electrons. The lowest BCUT2D eigenvalue weighted by Crippen LogP contribution is -1.96. The molecule has 1 nitrogen and oxygen atoms in total. The van der Waals surface area contributed by atoms with Crippen LogP contribution < -0.4 is 4.74 Å². The van der Waals surface area contributed by atoms with Gasteiger partial charge in [-0.2, -0.15) is 0 Å². The van der Waals surface area contributed by atoms with Crippen molar-refractivity contribution in [2.24, 2.45) is 0 Å². The van der Waals surface area contributed by atoms with Crippen LogP contribution in [0.3, 0.4) is 0 Å². The van der Waals surface area contributed by atoms with E-state index < -0.39 is 0 Å². The zero-order valence-electron chi connectivity index (χ0n) is 6.72. The number of ether oxygens (including phenoxy) is 1. The van der Waals surface area contributed by atoms with Crippen LogP contribution in [0.15, 0.2) is 24.3 Å². The minimum absolute atomic E-state index is 0.751. The lowest BCUT2D eigenvalue weighted by Gasteiger charge is -2.03. The summed E-state index contributed by atoms with van der Waals surface area (Å²) in [6, 6.07) is 7.47. The molecule has 0 bridgehead atoms. The van der Waals surface area contributed by atoms with Gasteiger partial charge in [0.25, 0.3) is 0 Å². The Balaban J connectivity index is 1.89. The lowest BCUT2D eigenvalue weighted by atomic mass is 10.3. The van der Waals surface area contributed by atoms with E-state index in [0.29, 0.717) is 0 Å². The van der Waals surface area contributed by atoms with E-state index in [1.54, 1.807) is 0 Å². The highest BCUT2D eigenvalue weighted by atomic mass is 35.5. The van der Waals surface area contributed by atoms with Crippen molar-refractivity contribution < 1.29 is 4.74 Å². The molecule has 1 aliphatic rings. The average molecular weight is 182 g/mol. The Bertz CT molecular complexity index is 251. The first-order valence-corrected chi connectivity index (χ1v) is 4.44. The Morgan fingerprint density at radius 2 is 1.83 bits per heavy atom. The summed E-state index contributed by atoms with van der Waals surface area (Å²) in [7, 11) is 0. The van der Waals surface area contributed by atoms with E-state index in [9.17, 15) is 0 Å². The van der Waals surface area contributed by atoms with Crippen LogP contribution in [0, 0.1) is 5.92 Å². The van der Waals surface area contributed by atoms with E-state index in [1.807, 2.05) is 24.3 Å². The van der Waals surface area contributed by atoms with E-state index in [0.717, 1.165) is 17.4 Å². The van der Waals surface area contributed by atoms with Crippen LogP contribution in [0.25, 0.3) is 0 Å². The second-order valence-electron chi connectivity index (χ2n) is 2.99. The minimum Gasteiger partial charge on any atom is -0.493 e. The molecule has 0 amide bonds. The summed E-state index contributed by atoms with van der Waals surface area (Å²) in [6.07, 6.45) is 2.49. The van der Waals surface area contributed by atoms with Crippen molar-refractivity contribution in [2.75, 3.05) is 6.61 Å². The highest BCUT2D eigenvalue weighted by molar-refractivity contribution is 6.30. The summed E-state index contributed by atoms with van der Waals surface area (Å²) in [4.78, 5) is 0. The maximum Gasteiger partial charge on any atom is 0.119 e. The first-order chi connectivity index (χ1) is 5.84. The number of benzene rings is 1. The van der Waals surface area contributed by atoms with Crippen molar-refractivity contribution in [3.63, 3.8) is 0 Å².